The minimum Gasteiger partial charge on any atom is -0.274 e. The lowest BCUT2D eigenvalue weighted by molar-refractivity contribution is -0.122. The van der Waals surface area contributed by atoms with Gasteiger partial charge in [-0.3, -0.25) is 8.72 Å². The van der Waals surface area contributed by atoms with Crippen molar-refractivity contribution in [1.29, 1.82) is 0 Å². The highest BCUT2D eigenvalue weighted by Crippen LogP contribution is 2.23. The van der Waals surface area contributed by atoms with Crippen LogP contribution in [-0.2, 0) is 4.79 Å². The maximum atomic E-state index is 10.6. The third-order valence-electron chi connectivity index (χ3n) is 1.12. The molecule has 1 fully saturated rings. The molecule has 0 aromatic rings. The van der Waals surface area contributed by atoms with Gasteiger partial charge < -0.3 is 0 Å². The summed E-state index contributed by atoms with van der Waals surface area (Å²) in [6.07, 6.45) is 1.40. The third-order valence-corrected chi connectivity index (χ3v) is 2.02. The minimum absolute atomic E-state index is 0.106. The van der Waals surface area contributed by atoms with Crippen molar-refractivity contribution >= 4 is 22.1 Å². The molecular formula is C5H6BrNO. The van der Waals surface area contributed by atoms with E-state index in [4.69, 9.17) is 0 Å². The number of halogens is 1. The molecule has 1 amide bonds. The summed E-state index contributed by atoms with van der Waals surface area (Å²) in [5, 5.41) is 0. The van der Waals surface area contributed by atoms with E-state index >= 15 is 0 Å². The van der Waals surface area contributed by atoms with E-state index in [1.807, 2.05) is 0 Å². The van der Waals surface area contributed by atoms with Crippen LogP contribution in [-0.4, -0.2) is 9.83 Å². The fourth-order valence-electron chi connectivity index (χ4n) is 0.624. The Morgan fingerprint density at radius 1 is 1.62 bits per heavy atom. The molecule has 1 aliphatic rings. The van der Waals surface area contributed by atoms with Crippen molar-refractivity contribution in [3.63, 3.8) is 0 Å². The Bertz CT molecular complexity index is 127. The van der Waals surface area contributed by atoms with Crippen LogP contribution in [0.25, 0.3) is 0 Å². The van der Waals surface area contributed by atoms with Crippen molar-refractivity contribution in [3.8, 4) is 0 Å². The quantitative estimate of drug-likeness (QED) is 0.511. The molecule has 1 rings (SSSR count). The Labute approximate surface area is 56.5 Å². The zero-order valence-electron chi connectivity index (χ0n) is 4.35. The second kappa shape index (κ2) is 1.90. The molecule has 0 spiro atoms. The molecule has 1 saturated heterocycles. The van der Waals surface area contributed by atoms with E-state index in [9.17, 15) is 4.79 Å². The van der Waals surface area contributed by atoms with Gasteiger partial charge in [0.2, 0.25) is 5.91 Å². The highest BCUT2D eigenvalue weighted by molar-refractivity contribution is 9.07. The van der Waals surface area contributed by atoms with Gasteiger partial charge in [-0.1, -0.05) is 6.58 Å². The van der Waals surface area contributed by atoms with Crippen LogP contribution >= 0.6 is 16.1 Å². The molecule has 2 nitrogen and oxygen atoms in total. The van der Waals surface area contributed by atoms with Crippen molar-refractivity contribution < 1.29 is 4.79 Å². The molecule has 0 aromatic carbocycles. The second-order valence-corrected chi connectivity index (χ2v) is 2.45. The van der Waals surface area contributed by atoms with Crippen molar-refractivity contribution in [2.45, 2.75) is 12.8 Å². The SMILES string of the molecule is C=C1CCC(=O)N1Br. The van der Waals surface area contributed by atoms with Gasteiger partial charge in [0.1, 0.15) is 0 Å². The summed E-state index contributed by atoms with van der Waals surface area (Å²) in [6.45, 7) is 3.64. The van der Waals surface area contributed by atoms with E-state index in [1.54, 1.807) is 0 Å². The molecule has 0 aliphatic carbocycles. The van der Waals surface area contributed by atoms with E-state index < -0.39 is 0 Å². The lowest BCUT2D eigenvalue weighted by Gasteiger charge is -2.02. The summed E-state index contributed by atoms with van der Waals surface area (Å²) < 4.78 is 1.42. The number of allylic oxidation sites excluding steroid dienone is 1. The van der Waals surface area contributed by atoms with Crippen LogP contribution in [0.4, 0.5) is 0 Å². The average molecular weight is 176 g/mol. The van der Waals surface area contributed by atoms with Crippen molar-refractivity contribution in [1.82, 2.24) is 3.93 Å². The zero-order chi connectivity index (χ0) is 6.15. The number of nitrogens with zero attached hydrogens (tertiary/aromatic N) is 1. The first-order valence-electron chi connectivity index (χ1n) is 2.38. The third kappa shape index (κ3) is 0.777. The van der Waals surface area contributed by atoms with Crippen LogP contribution in [0.1, 0.15) is 12.8 Å². The van der Waals surface area contributed by atoms with Gasteiger partial charge in [-0.15, -0.1) is 0 Å². The molecule has 0 saturated carbocycles. The zero-order valence-corrected chi connectivity index (χ0v) is 5.94. The van der Waals surface area contributed by atoms with Gasteiger partial charge in [0, 0.05) is 12.1 Å². The van der Waals surface area contributed by atoms with Gasteiger partial charge in [0.15, 0.2) is 0 Å². The largest absolute Gasteiger partial charge is 0.274 e. The van der Waals surface area contributed by atoms with Crippen LogP contribution < -0.4 is 0 Å². The molecule has 0 radical (unpaired) electrons. The molecule has 0 N–H and O–H groups in total. The first-order chi connectivity index (χ1) is 3.72. The van der Waals surface area contributed by atoms with Gasteiger partial charge in [0.05, 0.1) is 16.1 Å². The van der Waals surface area contributed by atoms with Gasteiger partial charge in [-0.25, -0.2) is 0 Å². The van der Waals surface area contributed by atoms with Crippen molar-refractivity contribution in [3.05, 3.63) is 12.3 Å². The molecule has 0 unspecified atom stereocenters. The maximum Gasteiger partial charge on any atom is 0.237 e. The minimum atomic E-state index is 0.106. The Morgan fingerprint density at radius 2 is 2.25 bits per heavy atom. The second-order valence-electron chi connectivity index (χ2n) is 1.74. The Kier molecular flexibility index (Phi) is 1.38. The molecule has 1 aliphatic heterocycles. The maximum absolute atomic E-state index is 10.6. The summed E-state index contributed by atoms with van der Waals surface area (Å²) in [4.78, 5) is 10.6. The van der Waals surface area contributed by atoms with Gasteiger partial charge in [-0.2, -0.15) is 0 Å². The van der Waals surface area contributed by atoms with Gasteiger partial charge in [-0.05, 0) is 6.42 Å². The fraction of sp³-hybridized carbons (Fsp3) is 0.400. The first-order valence-corrected chi connectivity index (χ1v) is 3.09. The normalized spacial score (nSPS) is 20.4. The highest BCUT2D eigenvalue weighted by atomic mass is 79.9. The van der Waals surface area contributed by atoms with E-state index in [0.717, 1.165) is 12.1 Å². The topological polar surface area (TPSA) is 20.3 Å². The highest BCUT2D eigenvalue weighted by Gasteiger charge is 2.20. The summed E-state index contributed by atoms with van der Waals surface area (Å²) in [5.41, 5.74) is 0.856. The fourth-order valence-corrected chi connectivity index (χ4v) is 0.979. The molecule has 1 heterocycles. The van der Waals surface area contributed by atoms with Gasteiger partial charge in [0.25, 0.3) is 0 Å². The molecule has 44 valence electrons. The van der Waals surface area contributed by atoms with Crippen molar-refractivity contribution in [2.24, 2.45) is 0 Å². The molecule has 0 aromatic heterocycles. The molecule has 3 heteroatoms. The van der Waals surface area contributed by atoms with E-state index in [0.29, 0.717) is 6.42 Å². The number of amides is 1. The first kappa shape index (κ1) is 5.82. The number of rotatable bonds is 0. The Balaban J connectivity index is 2.70. The lowest BCUT2D eigenvalue weighted by atomic mass is 10.3. The number of hydrogen-bond acceptors (Lipinski definition) is 1. The van der Waals surface area contributed by atoms with E-state index in [2.05, 4.69) is 22.7 Å². The standard InChI is InChI=1S/C5H6BrNO/c1-4-2-3-5(8)7(4)6/h1-3H2. The summed E-state index contributed by atoms with van der Waals surface area (Å²) in [6, 6.07) is 0. The number of carbonyl (C=O) groups is 1. The summed E-state index contributed by atoms with van der Waals surface area (Å²) >= 11 is 3.05. The monoisotopic (exact) mass is 175 g/mol. The van der Waals surface area contributed by atoms with Crippen LogP contribution in [0, 0.1) is 0 Å². The molecular weight excluding hydrogens is 170 g/mol. The predicted molar refractivity (Wildman–Crippen MR) is 34.1 cm³/mol. The van der Waals surface area contributed by atoms with Crippen LogP contribution in [0.5, 0.6) is 0 Å². The summed E-state index contributed by atoms with van der Waals surface area (Å²) in [5.74, 6) is 0.106. The van der Waals surface area contributed by atoms with Crippen LogP contribution in [0.2, 0.25) is 0 Å². The predicted octanol–water partition coefficient (Wildman–Crippen LogP) is 1.43. The van der Waals surface area contributed by atoms with Gasteiger partial charge >= 0.3 is 0 Å². The van der Waals surface area contributed by atoms with E-state index in [1.165, 1.54) is 3.93 Å². The Hall–Kier alpha value is -0.310. The molecule has 8 heavy (non-hydrogen) atoms. The molecule has 0 bridgehead atoms. The lowest BCUT2D eigenvalue weighted by Crippen LogP contribution is -2.08. The Morgan fingerprint density at radius 3 is 2.38 bits per heavy atom. The molecule has 0 atom stereocenters. The number of carbonyl (C=O) groups excluding carboxylic acids is 1. The smallest absolute Gasteiger partial charge is 0.237 e. The van der Waals surface area contributed by atoms with E-state index in [-0.39, 0.29) is 5.91 Å². The van der Waals surface area contributed by atoms with Crippen molar-refractivity contribution in [2.75, 3.05) is 0 Å². The summed E-state index contributed by atoms with van der Waals surface area (Å²) in [7, 11) is 0. The number of hydrogen-bond donors (Lipinski definition) is 0. The van der Waals surface area contributed by atoms with Crippen LogP contribution in [0.3, 0.4) is 0 Å². The van der Waals surface area contributed by atoms with Crippen LogP contribution in [0.15, 0.2) is 12.3 Å². The average Bonchev–Trinajstić information content (AvgIpc) is 1.98.